The summed E-state index contributed by atoms with van der Waals surface area (Å²) in [4.78, 5) is 1.87. The van der Waals surface area contributed by atoms with Crippen LogP contribution in [0.25, 0.3) is 32.9 Å². The van der Waals surface area contributed by atoms with Crippen LogP contribution in [0.4, 0.5) is 5.69 Å². The Labute approximate surface area is 241 Å². The molecule has 0 spiro atoms. The zero-order valence-corrected chi connectivity index (χ0v) is 24.2. The fourth-order valence-corrected chi connectivity index (χ4v) is 5.83. The van der Waals surface area contributed by atoms with E-state index in [4.69, 9.17) is 5.11 Å². The Bertz CT molecular complexity index is 1770. The Morgan fingerprint density at radius 2 is 1.46 bits per heavy atom. The van der Waals surface area contributed by atoms with Crippen LogP contribution in [0.1, 0.15) is 19.4 Å². The van der Waals surface area contributed by atoms with Gasteiger partial charge in [0.1, 0.15) is 21.6 Å². The van der Waals surface area contributed by atoms with Gasteiger partial charge in [0.05, 0.1) is 15.7 Å². The third-order valence-corrected chi connectivity index (χ3v) is 8.04. The van der Waals surface area contributed by atoms with E-state index < -0.39 is 10.1 Å². The van der Waals surface area contributed by atoms with Crippen molar-refractivity contribution in [3.63, 3.8) is 0 Å². The van der Waals surface area contributed by atoms with E-state index in [-0.39, 0.29) is 10.6 Å². The fourth-order valence-electron chi connectivity index (χ4n) is 5.11. The number of phenolic OH excluding ortho intramolecular Hbond substituents is 2. The SMILES string of the molecule is C=CC[n+]1c2ccccc2c(-c2ccc(N(CC)CC)cc2O)c2ccccc21.Cc1ccc(O)cc1S(=O)(=O)[O-]. The van der Waals surface area contributed by atoms with E-state index in [9.17, 15) is 18.1 Å². The van der Waals surface area contributed by atoms with Crippen LogP contribution in [0.5, 0.6) is 11.5 Å². The predicted molar refractivity (Wildman–Crippen MR) is 163 cm³/mol. The molecule has 1 heterocycles. The number of pyridine rings is 1. The highest BCUT2D eigenvalue weighted by atomic mass is 32.2. The van der Waals surface area contributed by atoms with Crippen molar-refractivity contribution in [2.75, 3.05) is 18.0 Å². The van der Waals surface area contributed by atoms with E-state index in [0.29, 0.717) is 11.3 Å². The van der Waals surface area contributed by atoms with Gasteiger partial charge in [-0.2, -0.15) is 4.57 Å². The lowest BCUT2D eigenvalue weighted by molar-refractivity contribution is -0.634. The number of fused-ring (bicyclic) bond motifs is 2. The summed E-state index contributed by atoms with van der Waals surface area (Å²) >= 11 is 0. The van der Waals surface area contributed by atoms with Gasteiger partial charge in [-0.15, -0.1) is 0 Å². The molecule has 0 radical (unpaired) electrons. The second-order valence-electron chi connectivity index (χ2n) is 9.59. The summed E-state index contributed by atoms with van der Waals surface area (Å²) in [7, 11) is -4.47. The number of benzene rings is 4. The molecule has 8 heteroatoms. The minimum Gasteiger partial charge on any atom is -0.744 e. The third kappa shape index (κ3) is 6.19. The van der Waals surface area contributed by atoms with Crippen molar-refractivity contribution in [3.8, 4) is 22.6 Å². The van der Waals surface area contributed by atoms with Gasteiger partial charge in [-0.25, -0.2) is 8.42 Å². The van der Waals surface area contributed by atoms with Gasteiger partial charge >= 0.3 is 0 Å². The van der Waals surface area contributed by atoms with Crippen molar-refractivity contribution < 1.29 is 27.8 Å². The first kappa shape index (κ1) is 29.6. The summed E-state index contributed by atoms with van der Waals surface area (Å²) in [6.07, 6.45) is 1.93. The van der Waals surface area contributed by atoms with Crippen LogP contribution >= 0.6 is 0 Å². The highest BCUT2D eigenvalue weighted by Crippen LogP contribution is 2.40. The molecule has 0 saturated heterocycles. The number of allylic oxidation sites excluding steroid dienone is 1. The summed E-state index contributed by atoms with van der Waals surface area (Å²) in [6.45, 7) is 12.2. The number of nitrogens with zero attached hydrogens (tertiary/aromatic N) is 2. The van der Waals surface area contributed by atoms with Gasteiger partial charge in [-0.05, 0) is 68.8 Å². The minimum absolute atomic E-state index is 0.227. The smallest absolute Gasteiger partial charge is 0.213 e. The van der Waals surface area contributed by atoms with Gasteiger partial charge in [0, 0.05) is 48.1 Å². The number of aromatic nitrogens is 1. The molecule has 7 nitrogen and oxygen atoms in total. The predicted octanol–water partition coefficient (Wildman–Crippen LogP) is 6.29. The van der Waals surface area contributed by atoms with Crippen molar-refractivity contribution >= 4 is 37.6 Å². The Kier molecular flexibility index (Phi) is 8.95. The summed E-state index contributed by atoms with van der Waals surface area (Å²) in [5.41, 5.74) is 5.58. The van der Waals surface area contributed by atoms with Gasteiger partial charge < -0.3 is 19.7 Å². The lowest BCUT2D eigenvalue weighted by Gasteiger charge is -2.22. The van der Waals surface area contributed by atoms with Crippen molar-refractivity contribution in [2.45, 2.75) is 32.2 Å². The van der Waals surface area contributed by atoms with Crippen molar-refractivity contribution in [1.29, 1.82) is 0 Å². The van der Waals surface area contributed by atoms with Crippen LogP contribution in [0.2, 0.25) is 0 Å². The first-order valence-electron chi connectivity index (χ1n) is 13.4. The maximum Gasteiger partial charge on any atom is 0.213 e. The third-order valence-electron chi connectivity index (χ3n) is 7.06. The van der Waals surface area contributed by atoms with Crippen molar-refractivity contribution in [2.24, 2.45) is 0 Å². The second kappa shape index (κ2) is 12.4. The average molecular weight is 571 g/mol. The normalized spacial score (nSPS) is 11.2. The first-order chi connectivity index (χ1) is 19.6. The number of phenols is 2. The maximum absolute atomic E-state index is 11.0. The highest BCUT2D eigenvalue weighted by molar-refractivity contribution is 7.85. The second-order valence-corrected chi connectivity index (χ2v) is 10.9. The molecule has 0 bridgehead atoms. The zero-order valence-electron chi connectivity index (χ0n) is 23.4. The minimum atomic E-state index is -4.47. The van der Waals surface area contributed by atoms with Crippen molar-refractivity contribution in [3.05, 3.63) is 103 Å². The molecular formula is C33H34N2O5S. The number of hydrogen-bond donors (Lipinski definition) is 2. The number of para-hydroxylation sites is 2. The van der Waals surface area contributed by atoms with Crippen LogP contribution in [-0.2, 0) is 16.7 Å². The molecule has 4 aromatic carbocycles. The maximum atomic E-state index is 11.0. The molecule has 5 rings (SSSR count). The molecule has 0 unspecified atom stereocenters. The van der Waals surface area contributed by atoms with Crippen molar-refractivity contribution in [1.82, 2.24) is 0 Å². The molecular weight excluding hydrogens is 536 g/mol. The Morgan fingerprint density at radius 3 is 1.95 bits per heavy atom. The number of aromatic hydroxyl groups is 2. The largest absolute Gasteiger partial charge is 0.744 e. The van der Waals surface area contributed by atoms with E-state index in [1.807, 2.05) is 12.1 Å². The first-order valence-corrected chi connectivity index (χ1v) is 14.8. The van der Waals surface area contributed by atoms with E-state index in [1.165, 1.54) is 19.1 Å². The molecule has 0 saturated carbocycles. The fraction of sp³-hybridized carbons (Fsp3) is 0.182. The van der Waals surface area contributed by atoms with Gasteiger partial charge in [-0.1, -0.05) is 36.9 Å². The summed E-state index contributed by atoms with van der Waals surface area (Å²) < 4.78 is 33.9. The van der Waals surface area contributed by atoms with Gasteiger partial charge in [0.15, 0.2) is 6.54 Å². The van der Waals surface area contributed by atoms with Crippen LogP contribution in [0.15, 0.2) is 102 Å². The van der Waals surface area contributed by atoms with E-state index in [0.717, 1.165) is 64.3 Å². The monoisotopic (exact) mass is 570 g/mol. The standard InChI is InChI=1S/C26H26N2O.C7H8O4S/c1-4-17-28-23-13-9-7-11-20(23)26(21-12-8-10-14-24(21)28)22-16-15-19(18-25(22)29)27(5-2)6-3;1-5-2-3-6(8)4-7(5)12(9,10)11/h4,7-16,18H,1,5-6,17H2,2-3H3;2-4,8H,1H3,(H,9,10,11). The van der Waals surface area contributed by atoms with Crippen LogP contribution in [0.3, 0.4) is 0 Å². The van der Waals surface area contributed by atoms with Crippen LogP contribution in [-0.4, -0.2) is 36.3 Å². The molecule has 0 aliphatic heterocycles. The van der Waals surface area contributed by atoms with E-state index >= 15 is 0 Å². The highest BCUT2D eigenvalue weighted by Gasteiger charge is 2.22. The summed E-state index contributed by atoms with van der Waals surface area (Å²) in [5, 5.41) is 22.2. The molecule has 41 heavy (non-hydrogen) atoms. The molecule has 0 aliphatic carbocycles. The Hall–Kier alpha value is -4.40. The van der Waals surface area contributed by atoms with Crippen LogP contribution < -0.4 is 9.47 Å². The number of hydrogen-bond acceptors (Lipinski definition) is 6. The number of rotatable bonds is 7. The van der Waals surface area contributed by atoms with Gasteiger partial charge in [0.2, 0.25) is 11.0 Å². The van der Waals surface area contributed by atoms with Gasteiger partial charge in [-0.3, -0.25) is 0 Å². The molecule has 2 N–H and O–H groups in total. The quantitative estimate of drug-likeness (QED) is 0.103. The van der Waals surface area contributed by atoms with Gasteiger partial charge in [0.25, 0.3) is 0 Å². The van der Waals surface area contributed by atoms with E-state index in [1.54, 1.807) is 0 Å². The molecule has 0 aliphatic rings. The lowest BCUT2D eigenvalue weighted by atomic mass is 9.94. The number of aryl methyl sites for hydroxylation is 1. The molecule has 0 fully saturated rings. The topological polar surface area (TPSA) is 105 Å². The Morgan fingerprint density at radius 1 is 0.878 bits per heavy atom. The Balaban J connectivity index is 0.000000271. The molecule has 5 aromatic rings. The molecule has 0 atom stereocenters. The van der Waals surface area contributed by atoms with Crippen LogP contribution in [0, 0.1) is 6.92 Å². The molecule has 212 valence electrons. The molecule has 0 amide bonds. The van der Waals surface area contributed by atoms with E-state index in [2.05, 4.69) is 90.6 Å². The summed E-state index contributed by atoms with van der Waals surface area (Å²) in [5.74, 6) is 0.0844. The number of anilines is 1. The zero-order chi connectivity index (χ0) is 29.7. The lowest BCUT2D eigenvalue weighted by Crippen LogP contribution is -2.34. The summed E-state index contributed by atoms with van der Waals surface area (Å²) in [6, 6.07) is 26.5. The average Bonchev–Trinajstić information content (AvgIpc) is 2.95. The molecule has 1 aromatic heterocycles.